The van der Waals surface area contributed by atoms with Gasteiger partial charge >= 0.3 is 0 Å². The highest BCUT2D eigenvalue weighted by Crippen LogP contribution is 2.36. The molecule has 3 aromatic rings. The number of ketones is 1. The number of imidazole rings is 1. The van der Waals surface area contributed by atoms with E-state index in [9.17, 15) is 9.18 Å². The number of carbonyl (C=O) groups excluding carboxylic acids is 1. The Labute approximate surface area is 156 Å². The number of nitrogens with one attached hydrogen (secondary N) is 1. The van der Waals surface area contributed by atoms with Gasteiger partial charge in [0.25, 0.3) is 0 Å². The van der Waals surface area contributed by atoms with Crippen LogP contribution < -0.4 is 5.32 Å². The second-order valence-corrected chi connectivity index (χ2v) is 6.67. The molecule has 6 nitrogen and oxygen atoms in total. The van der Waals surface area contributed by atoms with Crippen molar-refractivity contribution >= 4 is 11.7 Å². The first-order valence-electron chi connectivity index (χ1n) is 9.00. The van der Waals surface area contributed by atoms with Crippen molar-refractivity contribution in [2.24, 2.45) is 0 Å². The second-order valence-electron chi connectivity index (χ2n) is 6.67. The molecular weight excluding hydrogens is 345 g/mol. The van der Waals surface area contributed by atoms with Crippen LogP contribution in [0.4, 0.5) is 10.3 Å². The van der Waals surface area contributed by atoms with E-state index in [1.807, 2.05) is 0 Å². The van der Waals surface area contributed by atoms with E-state index in [4.69, 9.17) is 0 Å². The monoisotopic (exact) mass is 365 g/mol. The van der Waals surface area contributed by atoms with Gasteiger partial charge < -0.3 is 9.88 Å². The number of hydrogen-bond acceptors (Lipinski definition) is 5. The highest BCUT2D eigenvalue weighted by atomic mass is 19.1. The van der Waals surface area contributed by atoms with Crippen LogP contribution in [-0.4, -0.2) is 32.3 Å². The topological polar surface area (TPSA) is 72.7 Å². The maximum atomic E-state index is 13.4. The maximum absolute atomic E-state index is 13.4. The molecule has 138 valence electrons. The minimum atomic E-state index is -0.285. The third-order valence-corrected chi connectivity index (χ3v) is 4.97. The van der Waals surface area contributed by atoms with Gasteiger partial charge in [0.2, 0.25) is 5.95 Å². The minimum Gasteiger partial charge on any atom is -0.357 e. The van der Waals surface area contributed by atoms with Gasteiger partial charge in [-0.15, -0.1) is 0 Å². The number of Topliss-reactive ketones (excluding diaryl/α,β-unsaturated/α-hetero) is 1. The van der Waals surface area contributed by atoms with Gasteiger partial charge in [-0.3, -0.25) is 4.79 Å². The Morgan fingerprint density at radius 2 is 1.70 bits per heavy atom. The number of benzene rings is 1. The summed E-state index contributed by atoms with van der Waals surface area (Å²) >= 11 is 0. The molecule has 1 aliphatic rings. The number of halogens is 1. The Morgan fingerprint density at radius 1 is 1.04 bits per heavy atom. The summed E-state index contributed by atoms with van der Waals surface area (Å²) in [7, 11) is 1.77. The van der Waals surface area contributed by atoms with Gasteiger partial charge in [0.05, 0.1) is 17.7 Å². The standard InChI is InChI=1S/C20H20FN5O/c1-22-20-23-10-14(11-24-20)19-18(13-2-4-15(21)5-3-13)25-12-26(19)16-6-8-17(27)9-7-16/h2-5,10-12,16H,6-9H2,1H3,(H,22,23,24). The lowest BCUT2D eigenvalue weighted by atomic mass is 9.93. The highest BCUT2D eigenvalue weighted by molar-refractivity contribution is 5.80. The van der Waals surface area contributed by atoms with Crippen molar-refractivity contribution in [3.8, 4) is 22.5 Å². The molecule has 0 bridgehead atoms. The number of nitrogens with zero attached hydrogens (tertiary/aromatic N) is 4. The molecule has 0 aliphatic heterocycles. The fourth-order valence-corrected chi connectivity index (χ4v) is 3.52. The normalized spacial score (nSPS) is 15.1. The van der Waals surface area contributed by atoms with Crippen LogP contribution in [0.5, 0.6) is 0 Å². The van der Waals surface area contributed by atoms with Crippen molar-refractivity contribution < 1.29 is 9.18 Å². The Balaban J connectivity index is 1.81. The lowest BCUT2D eigenvalue weighted by Crippen LogP contribution is -2.18. The summed E-state index contributed by atoms with van der Waals surface area (Å²) in [6.07, 6.45) is 8.08. The average molecular weight is 365 g/mol. The predicted molar refractivity (Wildman–Crippen MR) is 101 cm³/mol. The van der Waals surface area contributed by atoms with Crippen LogP contribution in [0, 0.1) is 5.82 Å². The van der Waals surface area contributed by atoms with E-state index in [2.05, 4.69) is 24.8 Å². The fraction of sp³-hybridized carbons (Fsp3) is 0.300. The molecule has 1 N–H and O–H groups in total. The molecular formula is C20H20FN5O. The SMILES string of the molecule is CNc1ncc(-c2c(-c3ccc(F)cc3)ncn2C2CCC(=O)CC2)cn1. The van der Waals surface area contributed by atoms with E-state index in [0.29, 0.717) is 24.6 Å². The molecule has 0 unspecified atom stereocenters. The molecule has 2 heterocycles. The molecule has 0 amide bonds. The lowest BCUT2D eigenvalue weighted by Gasteiger charge is -2.24. The van der Waals surface area contributed by atoms with Gasteiger partial charge in [0.1, 0.15) is 11.6 Å². The maximum Gasteiger partial charge on any atom is 0.222 e. The first-order chi connectivity index (χ1) is 13.2. The summed E-state index contributed by atoms with van der Waals surface area (Å²) in [5, 5.41) is 2.91. The average Bonchev–Trinajstić information content (AvgIpc) is 3.14. The largest absolute Gasteiger partial charge is 0.357 e. The van der Waals surface area contributed by atoms with Crippen LogP contribution in [0.2, 0.25) is 0 Å². The zero-order valence-electron chi connectivity index (χ0n) is 15.0. The zero-order valence-corrected chi connectivity index (χ0v) is 15.0. The van der Waals surface area contributed by atoms with Crippen molar-refractivity contribution in [3.05, 3.63) is 48.8 Å². The van der Waals surface area contributed by atoms with Crippen molar-refractivity contribution in [1.29, 1.82) is 0 Å². The van der Waals surface area contributed by atoms with Gasteiger partial charge in [-0.25, -0.2) is 19.3 Å². The first kappa shape index (κ1) is 17.3. The van der Waals surface area contributed by atoms with E-state index >= 15 is 0 Å². The Kier molecular flexibility index (Phi) is 4.66. The van der Waals surface area contributed by atoms with Gasteiger partial charge in [0.15, 0.2) is 0 Å². The summed E-state index contributed by atoms with van der Waals surface area (Å²) in [6.45, 7) is 0. The lowest BCUT2D eigenvalue weighted by molar-refractivity contribution is -0.120. The minimum absolute atomic E-state index is 0.198. The van der Waals surface area contributed by atoms with Crippen LogP contribution in [0.3, 0.4) is 0 Å². The second kappa shape index (κ2) is 7.26. The Bertz CT molecular complexity index is 940. The number of anilines is 1. The third kappa shape index (κ3) is 3.45. The smallest absolute Gasteiger partial charge is 0.222 e. The number of aromatic nitrogens is 4. The van der Waals surface area contributed by atoms with Crippen LogP contribution in [0.15, 0.2) is 43.0 Å². The summed E-state index contributed by atoms with van der Waals surface area (Å²) < 4.78 is 15.5. The molecule has 1 saturated carbocycles. The number of carbonyl (C=O) groups is 1. The summed E-state index contributed by atoms with van der Waals surface area (Å²) in [6, 6.07) is 6.50. The van der Waals surface area contributed by atoms with Crippen LogP contribution in [0.25, 0.3) is 22.5 Å². The molecule has 1 aliphatic carbocycles. The summed E-state index contributed by atoms with van der Waals surface area (Å²) in [4.78, 5) is 24.9. The molecule has 0 atom stereocenters. The number of rotatable bonds is 4. The fourth-order valence-electron chi connectivity index (χ4n) is 3.52. The third-order valence-electron chi connectivity index (χ3n) is 4.97. The number of hydrogen-bond donors (Lipinski definition) is 1. The van der Waals surface area contributed by atoms with Crippen LogP contribution in [-0.2, 0) is 4.79 Å². The van der Waals surface area contributed by atoms with Gasteiger partial charge in [-0.1, -0.05) is 0 Å². The van der Waals surface area contributed by atoms with E-state index in [-0.39, 0.29) is 11.9 Å². The molecule has 0 radical (unpaired) electrons. The predicted octanol–water partition coefficient (Wildman–Crippen LogP) is 3.87. The first-order valence-corrected chi connectivity index (χ1v) is 9.00. The van der Waals surface area contributed by atoms with E-state index in [1.165, 1.54) is 12.1 Å². The van der Waals surface area contributed by atoms with Crippen LogP contribution >= 0.6 is 0 Å². The van der Waals surface area contributed by atoms with Crippen molar-refractivity contribution in [1.82, 2.24) is 19.5 Å². The molecule has 2 aromatic heterocycles. The van der Waals surface area contributed by atoms with E-state index in [0.717, 1.165) is 35.4 Å². The molecule has 0 saturated heterocycles. The van der Waals surface area contributed by atoms with Crippen molar-refractivity contribution in [2.45, 2.75) is 31.7 Å². The Morgan fingerprint density at radius 3 is 2.33 bits per heavy atom. The Hall–Kier alpha value is -3.09. The molecule has 4 rings (SSSR count). The molecule has 1 fully saturated rings. The van der Waals surface area contributed by atoms with Gasteiger partial charge in [-0.2, -0.15) is 0 Å². The molecule has 27 heavy (non-hydrogen) atoms. The quantitative estimate of drug-likeness (QED) is 0.760. The van der Waals surface area contributed by atoms with Crippen molar-refractivity contribution in [3.63, 3.8) is 0 Å². The molecule has 0 spiro atoms. The van der Waals surface area contributed by atoms with E-state index in [1.54, 1.807) is 37.9 Å². The molecule has 7 heteroatoms. The van der Waals surface area contributed by atoms with Gasteiger partial charge in [-0.05, 0) is 37.1 Å². The highest BCUT2D eigenvalue weighted by Gasteiger charge is 2.25. The van der Waals surface area contributed by atoms with Crippen LogP contribution in [0.1, 0.15) is 31.7 Å². The zero-order chi connectivity index (χ0) is 18.8. The van der Waals surface area contributed by atoms with Gasteiger partial charge in [0, 0.05) is 49.5 Å². The summed E-state index contributed by atoms with van der Waals surface area (Å²) in [5.41, 5.74) is 3.31. The summed E-state index contributed by atoms with van der Waals surface area (Å²) in [5.74, 6) is 0.567. The van der Waals surface area contributed by atoms with Crippen molar-refractivity contribution in [2.75, 3.05) is 12.4 Å². The molecule has 1 aromatic carbocycles. The van der Waals surface area contributed by atoms with E-state index < -0.39 is 0 Å².